The van der Waals surface area contributed by atoms with Crippen LogP contribution in [0.5, 0.6) is 0 Å². The van der Waals surface area contributed by atoms with Crippen molar-refractivity contribution >= 4 is 6.08 Å². The SMILES string of the molecule is C/C=C\C(=CC/C=C/c1ccc(CN2CCCN(C)CC2)cc1C#N)CN1CCCN(C)CC1. The zero-order chi connectivity index (χ0) is 24.2. The Morgan fingerprint density at radius 2 is 1.65 bits per heavy atom. The molecule has 184 valence electrons. The quantitative estimate of drug-likeness (QED) is 0.541. The van der Waals surface area contributed by atoms with E-state index >= 15 is 0 Å². The van der Waals surface area contributed by atoms with E-state index in [9.17, 15) is 5.26 Å². The molecule has 0 aliphatic carbocycles. The molecule has 2 heterocycles. The van der Waals surface area contributed by atoms with Gasteiger partial charge in [-0.25, -0.2) is 0 Å². The Morgan fingerprint density at radius 1 is 0.941 bits per heavy atom. The van der Waals surface area contributed by atoms with Crippen LogP contribution in [0.3, 0.4) is 0 Å². The number of nitriles is 1. The van der Waals surface area contributed by atoms with E-state index in [0.29, 0.717) is 0 Å². The monoisotopic (exact) mass is 461 g/mol. The van der Waals surface area contributed by atoms with Crippen LogP contribution in [0.25, 0.3) is 6.08 Å². The van der Waals surface area contributed by atoms with Gasteiger partial charge in [-0.3, -0.25) is 9.80 Å². The summed E-state index contributed by atoms with van der Waals surface area (Å²) in [4.78, 5) is 9.89. The molecule has 0 atom stereocenters. The van der Waals surface area contributed by atoms with Gasteiger partial charge in [0, 0.05) is 39.3 Å². The smallest absolute Gasteiger partial charge is 0.0998 e. The van der Waals surface area contributed by atoms with E-state index in [0.717, 1.165) is 63.4 Å². The Labute approximate surface area is 207 Å². The predicted octanol–water partition coefficient (Wildman–Crippen LogP) is 4.24. The van der Waals surface area contributed by atoms with Gasteiger partial charge in [-0.1, -0.05) is 42.5 Å². The average molecular weight is 462 g/mol. The number of hydrogen-bond donors (Lipinski definition) is 0. The molecule has 0 unspecified atom stereocenters. The highest BCUT2D eigenvalue weighted by atomic mass is 15.2. The molecule has 3 rings (SSSR count). The first-order valence-corrected chi connectivity index (χ1v) is 12.9. The van der Waals surface area contributed by atoms with Crippen LogP contribution in [0.1, 0.15) is 42.9 Å². The Balaban J connectivity index is 1.57. The number of rotatable bonds is 8. The Hall–Kier alpha value is -2.23. The van der Waals surface area contributed by atoms with Crippen molar-refractivity contribution < 1.29 is 0 Å². The van der Waals surface area contributed by atoms with Crippen LogP contribution < -0.4 is 0 Å². The van der Waals surface area contributed by atoms with Gasteiger partial charge >= 0.3 is 0 Å². The number of benzene rings is 1. The van der Waals surface area contributed by atoms with Gasteiger partial charge in [0.05, 0.1) is 11.6 Å². The maximum atomic E-state index is 9.73. The van der Waals surface area contributed by atoms with E-state index < -0.39 is 0 Å². The minimum absolute atomic E-state index is 0.770. The lowest BCUT2D eigenvalue weighted by Crippen LogP contribution is -2.30. The number of nitrogens with zero attached hydrogens (tertiary/aromatic N) is 5. The maximum absolute atomic E-state index is 9.73. The van der Waals surface area contributed by atoms with E-state index in [-0.39, 0.29) is 0 Å². The fourth-order valence-electron chi connectivity index (χ4n) is 4.79. The topological polar surface area (TPSA) is 36.8 Å². The summed E-state index contributed by atoms with van der Waals surface area (Å²) in [6, 6.07) is 8.78. The van der Waals surface area contributed by atoms with Gasteiger partial charge < -0.3 is 9.80 Å². The van der Waals surface area contributed by atoms with Gasteiger partial charge in [0.2, 0.25) is 0 Å². The van der Waals surface area contributed by atoms with E-state index in [1.54, 1.807) is 0 Å². The molecular weight excluding hydrogens is 418 g/mol. The van der Waals surface area contributed by atoms with Gasteiger partial charge in [-0.15, -0.1) is 0 Å². The molecule has 0 spiro atoms. The van der Waals surface area contributed by atoms with Crippen molar-refractivity contribution in [1.29, 1.82) is 5.26 Å². The third kappa shape index (κ3) is 8.85. The van der Waals surface area contributed by atoms with Crippen LogP contribution >= 0.6 is 0 Å². The fraction of sp³-hybridized carbons (Fsp3) is 0.552. The summed E-state index contributed by atoms with van der Waals surface area (Å²) < 4.78 is 0. The largest absolute Gasteiger partial charge is 0.305 e. The second kappa shape index (κ2) is 14.2. The lowest BCUT2D eigenvalue weighted by Gasteiger charge is -2.20. The second-order valence-electron chi connectivity index (χ2n) is 9.82. The third-order valence-electron chi connectivity index (χ3n) is 6.87. The van der Waals surface area contributed by atoms with Gasteiger partial charge in [-0.2, -0.15) is 5.26 Å². The molecule has 34 heavy (non-hydrogen) atoms. The molecule has 0 amide bonds. The fourth-order valence-corrected chi connectivity index (χ4v) is 4.79. The van der Waals surface area contributed by atoms with Crippen molar-refractivity contribution in [2.75, 3.05) is 73.0 Å². The molecule has 0 radical (unpaired) electrons. The van der Waals surface area contributed by atoms with Crippen molar-refractivity contribution in [1.82, 2.24) is 19.6 Å². The average Bonchev–Trinajstić information content (AvgIpc) is 3.16. The summed E-state index contributed by atoms with van der Waals surface area (Å²) in [6.45, 7) is 13.2. The molecule has 1 aromatic carbocycles. The van der Waals surface area contributed by atoms with Crippen LogP contribution in [0.4, 0.5) is 0 Å². The predicted molar refractivity (Wildman–Crippen MR) is 144 cm³/mol. The number of likely N-dealkylation sites (N-methyl/N-ethyl adjacent to an activating group) is 2. The molecule has 0 N–H and O–H groups in total. The van der Waals surface area contributed by atoms with Crippen molar-refractivity contribution in [3.63, 3.8) is 0 Å². The first kappa shape index (κ1) is 26.4. The van der Waals surface area contributed by atoms with Crippen LogP contribution in [-0.4, -0.2) is 92.6 Å². The molecule has 0 aromatic heterocycles. The first-order chi connectivity index (χ1) is 16.6. The molecule has 2 saturated heterocycles. The van der Waals surface area contributed by atoms with Crippen LogP contribution in [0.15, 0.2) is 48.1 Å². The number of hydrogen-bond acceptors (Lipinski definition) is 5. The molecule has 5 nitrogen and oxygen atoms in total. The zero-order valence-corrected chi connectivity index (χ0v) is 21.5. The highest BCUT2D eigenvalue weighted by Crippen LogP contribution is 2.16. The van der Waals surface area contributed by atoms with E-state index in [1.807, 2.05) is 0 Å². The standard InChI is InChI=1S/C29H43N5/c1-4-9-26(24-33-16-7-14-31(2)18-20-33)10-5-6-11-28-13-12-27(22-29(28)23-30)25-34-17-8-15-32(3)19-21-34/h4,6,9-13,22H,5,7-8,14-21,24-25H2,1-3H3/b9-4-,11-6+,26-10?. The van der Waals surface area contributed by atoms with Crippen LogP contribution in [0, 0.1) is 11.3 Å². The summed E-state index contributed by atoms with van der Waals surface area (Å²) in [5.41, 5.74) is 4.39. The van der Waals surface area contributed by atoms with Gasteiger partial charge in [0.15, 0.2) is 0 Å². The molecule has 5 heteroatoms. The highest BCUT2D eigenvalue weighted by molar-refractivity contribution is 5.59. The summed E-state index contributed by atoms with van der Waals surface area (Å²) in [5.74, 6) is 0. The molecule has 1 aromatic rings. The number of allylic oxidation sites excluding steroid dienone is 3. The van der Waals surface area contributed by atoms with Crippen LogP contribution in [-0.2, 0) is 6.54 Å². The second-order valence-corrected chi connectivity index (χ2v) is 9.82. The maximum Gasteiger partial charge on any atom is 0.0998 e. The molecule has 2 fully saturated rings. The first-order valence-electron chi connectivity index (χ1n) is 12.9. The van der Waals surface area contributed by atoms with Crippen molar-refractivity contribution in [3.8, 4) is 6.07 Å². The Bertz CT molecular complexity index is 894. The van der Waals surface area contributed by atoms with Gasteiger partial charge in [0.1, 0.15) is 0 Å². The lowest BCUT2D eigenvalue weighted by atomic mass is 10.0. The zero-order valence-electron chi connectivity index (χ0n) is 21.5. The Kier molecular flexibility index (Phi) is 11.0. The Morgan fingerprint density at radius 3 is 2.35 bits per heavy atom. The summed E-state index contributed by atoms with van der Waals surface area (Å²) in [7, 11) is 4.41. The summed E-state index contributed by atoms with van der Waals surface area (Å²) in [6.07, 6.45) is 14.3. The third-order valence-corrected chi connectivity index (χ3v) is 6.87. The molecule has 2 aliphatic rings. The van der Waals surface area contributed by atoms with E-state index in [1.165, 1.54) is 43.6 Å². The summed E-state index contributed by atoms with van der Waals surface area (Å²) >= 11 is 0. The lowest BCUT2D eigenvalue weighted by molar-refractivity contribution is 0.269. The normalized spacial score (nSPS) is 20.6. The van der Waals surface area contributed by atoms with E-state index in [4.69, 9.17) is 0 Å². The summed E-state index contributed by atoms with van der Waals surface area (Å²) in [5, 5.41) is 9.73. The van der Waals surface area contributed by atoms with Crippen molar-refractivity contribution in [2.45, 2.75) is 32.7 Å². The molecule has 0 bridgehead atoms. The van der Waals surface area contributed by atoms with Gasteiger partial charge in [0.25, 0.3) is 0 Å². The van der Waals surface area contributed by atoms with Crippen molar-refractivity contribution in [3.05, 3.63) is 64.8 Å². The van der Waals surface area contributed by atoms with Gasteiger partial charge in [-0.05, 0) is 89.2 Å². The molecular formula is C29H43N5. The van der Waals surface area contributed by atoms with E-state index in [2.05, 4.69) is 95.3 Å². The molecule has 2 aliphatic heterocycles. The highest BCUT2D eigenvalue weighted by Gasteiger charge is 2.14. The van der Waals surface area contributed by atoms with Crippen LogP contribution in [0.2, 0.25) is 0 Å². The van der Waals surface area contributed by atoms with Crippen molar-refractivity contribution in [2.24, 2.45) is 0 Å². The minimum atomic E-state index is 0.770. The molecule has 0 saturated carbocycles. The minimum Gasteiger partial charge on any atom is -0.305 e.